The Hall–Kier alpha value is -3.44. The summed E-state index contributed by atoms with van der Waals surface area (Å²) in [6, 6.07) is 12.3. The van der Waals surface area contributed by atoms with Gasteiger partial charge < -0.3 is 14.8 Å². The number of carbonyl (C=O) groups excluding carboxylic acids is 2. The van der Waals surface area contributed by atoms with Gasteiger partial charge in [0.2, 0.25) is 5.91 Å². The second kappa shape index (κ2) is 9.07. The summed E-state index contributed by atoms with van der Waals surface area (Å²) >= 11 is 0. The van der Waals surface area contributed by atoms with E-state index in [1.54, 1.807) is 37.3 Å². The Kier molecular flexibility index (Phi) is 5.96. The van der Waals surface area contributed by atoms with Crippen molar-refractivity contribution in [3.63, 3.8) is 0 Å². The number of aromatic nitrogens is 1. The van der Waals surface area contributed by atoms with Gasteiger partial charge in [0.25, 0.3) is 11.5 Å². The first-order valence-corrected chi connectivity index (χ1v) is 12.0. The van der Waals surface area contributed by atoms with Gasteiger partial charge in [0, 0.05) is 68.9 Å². The van der Waals surface area contributed by atoms with E-state index in [1.165, 1.54) is 6.07 Å². The SMILES string of the molecule is CC(=O)N1CCC(N2C[C@H]3C[C@H](C2)c2c(NC(=O)c4ccc(C#N)cc4)ccc(=O)n2C3)CC1. The van der Waals surface area contributed by atoms with E-state index in [-0.39, 0.29) is 23.3 Å². The number of fused-ring (bicyclic) bond motifs is 4. The van der Waals surface area contributed by atoms with Crippen LogP contribution in [0.2, 0.25) is 0 Å². The van der Waals surface area contributed by atoms with Crippen LogP contribution in [0.4, 0.5) is 5.69 Å². The number of amides is 2. The molecular weight excluding hydrogens is 430 g/mol. The molecule has 2 amide bonds. The lowest BCUT2D eigenvalue weighted by molar-refractivity contribution is -0.130. The molecule has 2 saturated heterocycles. The quantitative estimate of drug-likeness (QED) is 0.760. The van der Waals surface area contributed by atoms with Crippen LogP contribution < -0.4 is 10.9 Å². The van der Waals surface area contributed by atoms with Gasteiger partial charge >= 0.3 is 0 Å². The molecule has 2 bridgehead atoms. The van der Waals surface area contributed by atoms with E-state index in [0.29, 0.717) is 35.3 Å². The van der Waals surface area contributed by atoms with Crippen LogP contribution in [0.15, 0.2) is 41.2 Å². The number of rotatable bonds is 3. The molecular formula is C26H29N5O3. The van der Waals surface area contributed by atoms with E-state index in [4.69, 9.17) is 5.26 Å². The van der Waals surface area contributed by atoms with Gasteiger partial charge in [-0.2, -0.15) is 5.26 Å². The molecule has 5 rings (SSSR count). The Labute approximate surface area is 198 Å². The number of likely N-dealkylation sites (tertiary alicyclic amines) is 2. The Morgan fingerprint density at radius 1 is 1.03 bits per heavy atom. The van der Waals surface area contributed by atoms with E-state index in [9.17, 15) is 14.4 Å². The minimum atomic E-state index is -0.252. The smallest absolute Gasteiger partial charge is 0.255 e. The Morgan fingerprint density at radius 2 is 1.76 bits per heavy atom. The molecule has 0 aliphatic carbocycles. The van der Waals surface area contributed by atoms with Gasteiger partial charge in [-0.15, -0.1) is 0 Å². The van der Waals surface area contributed by atoms with E-state index in [2.05, 4.69) is 16.3 Å². The molecule has 8 heteroatoms. The highest BCUT2D eigenvalue weighted by Crippen LogP contribution is 2.40. The van der Waals surface area contributed by atoms with Crippen molar-refractivity contribution in [2.75, 3.05) is 31.5 Å². The van der Waals surface area contributed by atoms with Crippen molar-refractivity contribution in [1.82, 2.24) is 14.4 Å². The van der Waals surface area contributed by atoms with Gasteiger partial charge in [0.1, 0.15) is 0 Å². The molecule has 34 heavy (non-hydrogen) atoms. The largest absolute Gasteiger partial charge is 0.343 e. The molecule has 176 valence electrons. The highest BCUT2D eigenvalue weighted by atomic mass is 16.2. The normalized spacial score (nSPS) is 22.5. The summed E-state index contributed by atoms with van der Waals surface area (Å²) in [5.41, 5.74) is 2.55. The van der Waals surface area contributed by atoms with Gasteiger partial charge in [-0.3, -0.25) is 19.3 Å². The van der Waals surface area contributed by atoms with Crippen molar-refractivity contribution >= 4 is 17.5 Å². The average molecular weight is 460 g/mol. The molecule has 0 unspecified atom stereocenters. The molecule has 0 spiro atoms. The number of pyridine rings is 1. The number of carbonyl (C=O) groups is 2. The Balaban J connectivity index is 1.37. The maximum Gasteiger partial charge on any atom is 0.255 e. The fraction of sp³-hybridized carbons (Fsp3) is 0.462. The molecule has 0 radical (unpaired) electrons. The van der Waals surface area contributed by atoms with Crippen molar-refractivity contribution in [3.8, 4) is 6.07 Å². The lowest BCUT2D eigenvalue weighted by Gasteiger charge is -2.47. The Bertz CT molecular complexity index is 1200. The number of nitriles is 1. The summed E-state index contributed by atoms with van der Waals surface area (Å²) < 4.78 is 1.85. The molecule has 1 aromatic heterocycles. The number of anilines is 1. The fourth-order valence-electron chi connectivity index (χ4n) is 5.89. The zero-order valence-corrected chi connectivity index (χ0v) is 19.4. The fourth-order valence-corrected chi connectivity index (χ4v) is 5.89. The summed E-state index contributed by atoms with van der Waals surface area (Å²) in [4.78, 5) is 41.8. The third-order valence-electron chi connectivity index (χ3n) is 7.57. The van der Waals surface area contributed by atoms with Crippen LogP contribution in [0.5, 0.6) is 0 Å². The first-order chi connectivity index (χ1) is 16.4. The number of benzene rings is 1. The summed E-state index contributed by atoms with van der Waals surface area (Å²) in [6.45, 7) is 5.71. The van der Waals surface area contributed by atoms with Crippen LogP contribution in [0.3, 0.4) is 0 Å². The van der Waals surface area contributed by atoms with Crippen LogP contribution in [-0.2, 0) is 11.3 Å². The van der Waals surface area contributed by atoms with Crippen LogP contribution >= 0.6 is 0 Å². The maximum absolute atomic E-state index is 12.9. The standard InChI is InChI=1S/C26H29N5O3/c1-17(32)29-10-8-22(9-11-29)30-14-19-12-21(16-30)25-23(6-7-24(33)31(25)15-19)28-26(34)20-4-2-18(13-27)3-5-20/h2-7,19,21-22H,8-12,14-16H2,1H3,(H,28,34)/t19-,21-/m1/s1. The monoisotopic (exact) mass is 459 g/mol. The zero-order valence-electron chi connectivity index (χ0n) is 19.4. The predicted molar refractivity (Wildman–Crippen MR) is 128 cm³/mol. The van der Waals surface area contributed by atoms with E-state index >= 15 is 0 Å². The van der Waals surface area contributed by atoms with Crippen LogP contribution in [0.1, 0.15) is 53.7 Å². The van der Waals surface area contributed by atoms with Crippen molar-refractivity contribution in [2.45, 2.75) is 44.7 Å². The second-order valence-corrected chi connectivity index (χ2v) is 9.71. The molecule has 3 aliphatic rings. The lowest BCUT2D eigenvalue weighted by atomic mass is 9.81. The molecule has 1 aromatic carbocycles. The summed E-state index contributed by atoms with van der Waals surface area (Å²) in [6.07, 6.45) is 2.96. The van der Waals surface area contributed by atoms with Crippen molar-refractivity contribution < 1.29 is 9.59 Å². The third kappa shape index (κ3) is 4.24. The van der Waals surface area contributed by atoms with E-state index in [1.807, 2.05) is 9.47 Å². The summed E-state index contributed by atoms with van der Waals surface area (Å²) in [5, 5.41) is 12.0. The van der Waals surface area contributed by atoms with Crippen LogP contribution in [0.25, 0.3) is 0 Å². The number of hydrogen-bond donors (Lipinski definition) is 1. The predicted octanol–water partition coefficient (Wildman–Crippen LogP) is 2.40. The molecule has 3 aliphatic heterocycles. The molecule has 2 fully saturated rings. The molecule has 1 N–H and O–H groups in total. The van der Waals surface area contributed by atoms with Crippen molar-refractivity contribution in [2.24, 2.45) is 5.92 Å². The Morgan fingerprint density at radius 3 is 2.44 bits per heavy atom. The third-order valence-corrected chi connectivity index (χ3v) is 7.57. The first kappa shape index (κ1) is 22.4. The highest BCUT2D eigenvalue weighted by molar-refractivity contribution is 6.04. The van der Waals surface area contributed by atoms with E-state index < -0.39 is 0 Å². The van der Waals surface area contributed by atoms with Crippen LogP contribution in [0, 0.1) is 17.2 Å². The van der Waals surface area contributed by atoms with E-state index in [0.717, 1.165) is 51.1 Å². The van der Waals surface area contributed by atoms with Crippen molar-refractivity contribution in [3.05, 3.63) is 63.6 Å². The van der Waals surface area contributed by atoms with Gasteiger partial charge in [-0.05, 0) is 55.5 Å². The molecule has 2 atom stereocenters. The van der Waals surface area contributed by atoms with Gasteiger partial charge in [0.05, 0.1) is 17.3 Å². The van der Waals surface area contributed by atoms with Gasteiger partial charge in [-0.25, -0.2) is 0 Å². The van der Waals surface area contributed by atoms with Gasteiger partial charge in [0.15, 0.2) is 0 Å². The molecule has 8 nitrogen and oxygen atoms in total. The lowest BCUT2D eigenvalue weighted by Crippen LogP contribution is -2.53. The highest BCUT2D eigenvalue weighted by Gasteiger charge is 2.39. The number of nitrogens with zero attached hydrogens (tertiary/aromatic N) is 4. The minimum absolute atomic E-state index is 0.0238. The summed E-state index contributed by atoms with van der Waals surface area (Å²) in [5.74, 6) is 0.463. The van der Waals surface area contributed by atoms with Crippen molar-refractivity contribution in [1.29, 1.82) is 5.26 Å². The maximum atomic E-state index is 12.9. The van der Waals surface area contributed by atoms with Crippen LogP contribution in [-0.4, -0.2) is 58.4 Å². The number of nitrogens with one attached hydrogen (secondary N) is 1. The second-order valence-electron chi connectivity index (χ2n) is 9.71. The zero-order chi connectivity index (χ0) is 23.8. The summed E-state index contributed by atoms with van der Waals surface area (Å²) in [7, 11) is 0. The van der Waals surface area contributed by atoms with Gasteiger partial charge in [-0.1, -0.05) is 0 Å². The average Bonchev–Trinajstić information content (AvgIpc) is 2.85. The first-order valence-electron chi connectivity index (χ1n) is 12.0. The minimum Gasteiger partial charge on any atom is -0.343 e. The number of hydrogen-bond acceptors (Lipinski definition) is 5. The molecule has 0 saturated carbocycles. The number of piperidine rings is 2. The molecule has 2 aromatic rings. The molecule has 4 heterocycles. The topological polar surface area (TPSA) is 98.4 Å².